The highest BCUT2D eigenvalue weighted by atomic mass is 16.1. The Balaban J connectivity index is 1.79. The van der Waals surface area contributed by atoms with Gasteiger partial charge < -0.3 is 10.2 Å². The molecule has 22 heavy (non-hydrogen) atoms. The maximum Gasteiger partial charge on any atom is 0.253 e. The fraction of sp³-hybridized carbons (Fsp3) is 0.444. The molecule has 4 heteroatoms. The zero-order valence-electron chi connectivity index (χ0n) is 13.5. The van der Waals surface area contributed by atoms with Gasteiger partial charge in [-0.15, -0.1) is 0 Å². The lowest BCUT2D eigenvalue weighted by atomic mass is 10.1. The maximum atomic E-state index is 12.5. The van der Waals surface area contributed by atoms with Crippen molar-refractivity contribution in [3.63, 3.8) is 0 Å². The van der Waals surface area contributed by atoms with E-state index in [4.69, 9.17) is 0 Å². The zero-order valence-corrected chi connectivity index (χ0v) is 13.5. The number of pyridine rings is 1. The molecule has 1 aliphatic heterocycles. The molecule has 1 amide bonds. The minimum absolute atomic E-state index is 0.0197. The first-order valence-electron chi connectivity index (χ1n) is 7.91. The molecular formula is C18H23N3O. The van der Waals surface area contributed by atoms with Crippen LogP contribution in [0.3, 0.4) is 0 Å². The Hall–Kier alpha value is -1.94. The van der Waals surface area contributed by atoms with Crippen LogP contribution in [0.1, 0.15) is 34.5 Å². The summed E-state index contributed by atoms with van der Waals surface area (Å²) in [6.07, 6.45) is 2.37. The predicted molar refractivity (Wildman–Crippen MR) is 89.2 cm³/mol. The molecule has 0 aliphatic carbocycles. The number of likely N-dealkylation sites (tertiary alicyclic amines) is 1. The number of aromatic nitrogens is 1. The van der Waals surface area contributed by atoms with Crippen LogP contribution >= 0.6 is 0 Å². The van der Waals surface area contributed by atoms with E-state index in [-0.39, 0.29) is 5.91 Å². The standard InChI is InChI=1S/C18H23N3O/c1-12-6-7-17-14(9-12)10-16(13(2)20-17)18(22)19-11-15-5-4-8-21(15)3/h6-7,9-10,15H,4-5,8,11H2,1-3H3,(H,19,22). The van der Waals surface area contributed by atoms with Crippen LogP contribution in [0.4, 0.5) is 0 Å². The number of nitrogens with zero attached hydrogens (tertiary/aromatic N) is 2. The largest absolute Gasteiger partial charge is 0.350 e. The van der Waals surface area contributed by atoms with Gasteiger partial charge in [-0.2, -0.15) is 0 Å². The summed E-state index contributed by atoms with van der Waals surface area (Å²) in [5, 5.41) is 4.09. The van der Waals surface area contributed by atoms with Gasteiger partial charge in [-0.1, -0.05) is 11.6 Å². The first-order chi connectivity index (χ1) is 10.5. The number of hydrogen-bond donors (Lipinski definition) is 1. The summed E-state index contributed by atoms with van der Waals surface area (Å²) in [5.41, 5.74) is 3.58. The molecule has 0 radical (unpaired) electrons. The fourth-order valence-electron chi connectivity index (χ4n) is 3.16. The topological polar surface area (TPSA) is 45.2 Å². The van der Waals surface area contributed by atoms with Gasteiger partial charge >= 0.3 is 0 Å². The summed E-state index contributed by atoms with van der Waals surface area (Å²) < 4.78 is 0. The smallest absolute Gasteiger partial charge is 0.253 e. The van der Waals surface area contributed by atoms with Gasteiger partial charge in [-0.25, -0.2) is 0 Å². The van der Waals surface area contributed by atoms with Crippen LogP contribution in [0.15, 0.2) is 24.3 Å². The van der Waals surface area contributed by atoms with Crippen LogP contribution in [0.25, 0.3) is 10.9 Å². The number of hydrogen-bond acceptors (Lipinski definition) is 3. The third-order valence-corrected chi connectivity index (χ3v) is 4.58. The first-order valence-corrected chi connectivity index (χ1v) is 7.91. The molecule has 1 saturated heterocycles. The van der Waals surface area contributed by atoms with Crippen LogP contribution in [-0.4, -0.2) is 42.0 Å². The highest BCUT2D eigenvalue weighted by Crippen LogP contribution is 2.18. The van der Waals surface area contributed by atoms with Crippen molar-refractivity contribution in [2.45, 2.75) is 32.7 Å². The van der Waals surface area contributed by atoms with Crippen LogP contribution in [0.5, 0.6) is 0 Å². The summed E-state index contributed by atoms with van der Waals surface area (Å²) in [6.45, 7) is 5.78. The van der Waals surface area contributed by atoms with Crippen molar-refractivity contribution in [2.75, 3.05) is 20.1 Å². The molecule has 1 atom stereocenters. The lowest BCUT2D eigenvalue weighted by molar-refractivity contribution is 0.0943. The molecule has 3 rings (SSSR count). The number of aryl methyl sites for hydroxylation is 2. The second-order valence-electron chi connectivity index (χ2n) is 6.30. The summed E-state index contributed by atoms with van der Waals surface area (Å²) in [7, 11) is 2.12. The van der Waals surface area contributed by atoms with Crippen molar-refractivity contribution >= 4 is 16.8 Å². The van der Waals surface area contributed by atoms with E-state index in [1.54, 1.807) is 0 Å². The second kappa shape index (κ2) is 6.05. The summed E-state index contributed by atoms with van der Waals surface area (Å²) >= 11 is 0. The molecule has 1 unspecified atom stereocenters. The Labute approximate surface area is 131 Å². The van der Waals surface area contributed by atoms with Gasteiger partial charge in [-0.3, -0.25) is 9.78 Å². The number of benzene rings is 1. The third-order valence-electron chi connectivity index (χ3n) is 4.58. The normalized spacial score (nSPS) is 18.8. The lowest BCUT2D eigenvalue weighted by Gasteiger charge is -2.20. The van der Waals surface area contributed by atoms with Crippen molar-refractivity contribution in [1.82, 2.24) is 15.2 Å². The predicted octanol–water partition coefficient (Wildman–Crippen LogP) is 2.68. The highest BCUT2D eigenvalue weighted by Gasteiger charge is 2.21. The summed E-state index contributed by atoms with van der Waals surface area (Å²) in [6, 6.07) is 8.54. The van der Waals surface area contributed by atoms with E-state index in [0.29, 0.717) is 18.2 Å². The zero-order chi connectivity index (χ0) is 15.7. The quantitative estimate of drug-likeness (QED) is 0.947. The van der Waals surface area contributed by atoms with Gasteiger partial charge in [-0.05, 0) is 58.5 Å². The van der Waals surface area contributed by atoms with Gasteiger partial charge in [0.05, 0.1) is 16.8 Å². The van der Waals surface area contributed by atoms with E-state index in [2.05, 4.69) is 35.2 Å². The van der Waals surface area contributed by atoms with Crippen LogP contribution < -0.4 is 5.32 Å². The molecule has 1 aromatic carbocycles. The molecule has 1 fully saturated rings. The molecule has 2 heterocycles. The average molecular weight is 297 g/mol. The van der Waals surface area contributed by atoms with Crippen molar-refractivity contribution in [3.05, 3.63) is 41.1 Å². The Kier molecular flexibility index (Phi) is 4.12. The molecule has 2 aromatic rings. The molecule has 0 bridgehead atoms. The molecule has 116 valence electrons. The molecule has 1 aliphatic rings. The fourth-order valence-corrected chi connectivity index (χ4v) is 3.16. The van der Waals surface area contributed by atoms with Crippen LogP contribution in [0.2, 0.25) is 0 Å². The number of amides is 1. The van der Waals surface area contributed by atoms with Crippen LogP contribution in [0, 0.1) is 13.8 Å². The second-order valence-corrected chi connectivity index (χ2v) is 6.30. The molecule has 0 saturated carbocycles. The van der Waals surface area contributed by atoms with Crippen LogP contribution in [-0.2, 0) is 0 Å². The van der Waals surface area contributed by atoms with Crippen molar-refractivity contribution in [3.8, 4) is 0 Å². The Bertz CT molecular complexity index is 711. The van der Waals surface area contributed by atoms with E-state index in [9.17, 15) is 4.79 Å². The number of carbonyl (C=O) groups excluding carboxylic acids is 1. The summed E-state index contributed by atoms with van der Waals surface area (Å²) in [5.74, 6) is -0.0197. The molecule has 4 nitrogen and oxygen atoms in total. The van der Waals surface area contributed by atoms with Crippen molar-refractivity contribution < 1.29 is 4.79 Å². The monoisotopic (exact) mass is 297 g/mol. The third kappa shape index (κ3) is 2.97. The maximum absolute atomic E-state index is 12.5. The molecule has 1 aromatic heterocycles. The van der Waals surface area contributed by atoms with E-state index in [0.717, 1.165) is 29.6 Å². The number of fused-ring (bicyclic) bond motifs is 1. The lowest BCUT2D eigenvalue weighted by Crippen LogP contribution is -2.38. The highest BCUT2D eigenvalue weighted by molar-refractivity contribution is 5.98. The van der Waals surface area contributed by atoms with Crippen molar-refractivity contribution in [2.24, 2.45) is 0 Å². The Morgan fingerprint density at radius 3 is 2.91 bits per heavy atom. The number of nitrogens with one attached hydrogen (secondary N) is 1. The van der Waals surface area contributed by atoms with E-state index in [1.165, 1.54) is 12.0 Å². The van der Waals surface area contributed by atoms with Gasteiger partial charge in [0.1, 0.15) is 0 Å². The first kappa shape index (κ1) is 15.0. The Morgan fingerprint density at radius 1 is 1.36 bits per heavy atom. The molecule has 0 spiro atoms. The van der Waals surface area contributed by atoms with Gasteiger partial charge in [0.25, 0.3) is 5.91 Å². The average Bonchev–Trinajstić information content (AvgIpc) is 2.90. The number of carbonyl (C=O) groups is 1. The van der Waals surface area contributed by atoms with Gasteiger partial charge in [0.15, 0.2) is 0 Å². The van der Waals surface area contributed by atoms with E-state index in [1.807, 2.05) is 25.1 Å². The van der Waals surface area contributed by atoms with Gasteiger partial charge in [0.2, 0.25) is 0 Å². The number of rotatable bonds is 3. The van der Waals surface area contributed by atoms with E-state index >= 15 is 0 Å². The molecule has 1 N–H and O–H groups in total. The minimum atomic E-state index is -0.0197. The van der Waals surface area contributed by atoms with Gasteiger partial charge in [0, 0.05) is 18.0 Å². The SMILES string of the molecule is Cc1ccc2nc(C)c(C(=O)NCC3CCCN3C)cc2c1. The minimum Gasteiger partial charge on any atom is -0.350 e. The summed E-state index contributed by atoms with van der Waals surface area (Å²) in [4.78, 5) is 19.4. The van der Waals surface area contributed by atoms with Crippen molar-refractivity contribution in [1.29, 1.82) is 0 Å². The van der Waals surface area contributed by atoms with E-state index < -0.39 is 0 Å². The number of likely N-dealkylation sites (N-methyl/N-ethyl adjacent to an activating group) is 1. The Morgan fingerprint density at radius 2 is 2.18 bits per heavy atom. The molecular weight excluding hydrogens is 274 g/mol.